The minimum absolute atomic E-state index is 0.468. The monoisotopic (exact) mass is 861 g/mol. The van der Waals surface area contributed by atoms with Crippen LogP contribution in [0.4, 0.5) is 0 Å². The van der Waals surface area contributed by atoms with Crippen molar-refractivity contribution in [1.82, 2.24) is 15.0 Å². The van der Waals surface area contributed by atoms with Gasteiger partial charge in [-0.1, -0.05) is 188 Å². The summed E-state index contributed by atoms with van der Waals surface area (Å²) in [4.78, 5) is 18.7. The van der Waals surface area contributed by atoms with Gasteiger partial charge in [0.25, 0.3) is 0 Å². The molecule has 14 rings (SSSR count). The summed E-state index contributed by atoms with van der Waals surface area (Å²) in [6.45, 7) is 0. The predicted octanol–water partition coefficient (Wildman–Crippen LogP) is 16.0. The molecule has 0 unspecified atom stereocenters. The van der Waals surface area contributed by atoms with Crippen molar-refractivity contribution in [2.24, 2.45) is 0 Å². The van der Waals surface area contributed by atoms with Crippen LogP contribution in [-0.2, 0) is 5.41 Å². The van der Waals surface area contributed by atoms with Crippen molar-refractivity contribution in [3.63, 3.8) is 0 Å². The summed E-state index contributed by atoms with van der Waals surface area (Å²) in [5.74, 6) is 0.698. The summed E-state index contributed by atoms with van der Waals surface area (Å²) in [7, 11) is 0. The summed E-state index contributed by atoms with van der Waals surface area (Å²) >= 11 is 3.70. The first-order valence-corrected chi connectivity index (χ1v) is 23.6. The Morgan fingerprint density at radius 2 is 1.02 bits per heavy atom. The third-order valence-corrected chi connectivity index (χ3v) is 15.9. The summed E-state index contributed by atoms with van der Waals surface area (Å²) in [6, 6.07) is 77.1. The van der Waals surface area contributed by atoms with Crippen LogP contribution in [0.25, 0.3) is 98.1 Å². The lowest BCUT2D eigenvalue weighted by Gasteiger charge is -2.39. The fraction of sp³-hybridized carbons (Fsp3) is 0.0167. The Morgan fingerprint density at radius 3 is 1.86 bits per heavy atom. The molecule has 0 radical (unpaired) electrons. The molecule has 1 aliphatic heterocycles. The van der Waals surface area contributed by atoms with E-state index < -0.39 is 5.41 Å². The molecule has 0 fully saturated rings. The third kappa shape index (κ3) is 5.34. The van der Waals surface area contributed by atoms with Gasteiger partial charge in [0.1, 0.15) is 0 Å². The number of nitrogens with zero attached hydrogens (tertiary/aromatic N) is 3. The smallest absolute Gasteiger partial charge is 0.160 e. The van der Waals surface area contributed by atoms with Crippen molar-refractivity contribution in [2.75, 3.05) is 0 Å². The lowest BCUT2D eigenvalue weighted by molar-refractivity contribution is 0.723. The van der Waals surface area contributed by atoms with Gasteiger partial charge in [-0.15, -0.1) is 11.3 Å². The van der Waals surface area contributed by atoms with E-state index in [0.717, 1.165) is 55.6 Å². The molecule has 3 aromatic heterocycles. The topological polar surface area (TPSA) is 38.7 Å². The molecule has 12 aromatic rings. The van der Waals surface area contributed by atoms with E-state index in [9.17, 15) is 0 Å². The number of aromatic nitrogens is 3. The molecule has 5 heteroatoms. The summed E-state index contributed by atoms with van der Waals surface area (Å²) in [5, 5.41) is 6.03. The second-order valence-electron chi connectivity index (χ2n) is 17.0. The van der Waals surface area contributed by atoms with E-state index in [-0.39, 0.29) is 0 Å². The van der Waals surface area contributed by atoms with Crippen molar-refractivity contribution in [3.05, 3.63) is 235 Å². The molecule has 1 aliphatic carbocycles. The second kappa shape index (κ2) is 14.2. The highest BCUT2D eigenvalue weighted by molar-refractivity contribution is 7.99. The molecule has 0 saturated heterocycles. The van der Waals surface area contributed by atoms with Crippen LogP contribution in [0.15, 0.2) is 222 Å². The molecule has 9 aromatic carbocycles. The van der Waals surface area contributed by atoms with Crippen molar-refractivity contribution in [1.29, 1.82) is 0 Å². The van der Waals surface area contributed by atoms with E-state index in [0.29, 0.717) is 5.82 Å². The molecule has 65 heavy (non-hydrogen) atoms. The lowest BCUT2D eigenvalue weighted by atomic mass is 9.67. The normalized spacial score (nSPS) is 13.3. The number of para-hydroxylation sites is 1. The highest BCUT2D eigenvalue weighted by Gasteiger charge is 2.50. The van der Waals surface area contributed by atoms with E-state index in [1.165, 1.54) is 68.7 Å². The third-order valence-electron chi connectivity index (χ3n) is 13.5. The molecule has 0 N–H and O–H groups in total. The first-order valence-electron chi connectivity index (χ1n) is 22.0. The summed E-state index contributed by atoms with van der Waals surface area (Å²) < 4.78 is 2.50. The fourth-order valence-corrected chi connectivity index (χ4v) is 13.2. The van der Waals surface area contributed by atoms with Gasteiger partial charge in [0.05, 0.1) is 28.0 Å². The van der Waals surface area contributed by atoms with Crippen LogP contribution in [0, 0.1) is 0 Å². The summed E-state index contributed by atoms with van der Waals surface area (Å²) in [5.41, 5.74) is 15.2. The van der Waals surface area contributed by atoms with Crippen molar-refractivity contribution < 1.29 is 0 Å². The zero-order valence-electron chi connectivity index (χ0n) is 34.9. The Labute approximate surface area is 383 Å². The number of pyridine rings is 1. The van der Waals surface area contributed by atoms with Crippen LogP contribution in [0.5, 0.6) is 0 Å². The average Bonchev–Trinajstić information content (AvgIpc) is 3.90. The first kappa shape index (κ1) is 36.8. The average molecular weight is 862 g/mol. The lowest BCUT2D eigenvalue weighted by Crippen LogP contribution is -2.31. The van der Waals surface area contributed by atoms with Crippen molar-refractivity contribution >= 4 is 64.9 Å². The maximum atomic E-state index is 5.52. The van der Waals surface area contributed by atoms with Gasteiger partial charge in [-0.3, -0.25) is 0 Å². The van der Waals surface area contributed by atoms with Gasteiger partial charge in [-0.05, 0) is 69.8 Å². The first-order chi connectivity index (χ1) is 32.2. The Morgan fingerprint density at radius 1 is 0.385 bits per heavy atom. The quantitative estimate of drug-likeness (QED) is 0.165. The number of hydrogen-bond donors (Lipinski definition) is 0. The molecule has 0 bridgehead atoms. The van der Waals surface area contributed by atoms with Crippen LogP contribution in [0.1, 0.15) is 22.3 Å². The number of benzene rings is 9. The zero-order valence-corrected chi connectivity index (χ0v) is 36.5. The molecule has 0 atom stereocenters. The van der Waals surface area contributed by atoms with Crippen LogP contribution in [0.2, 0.25) is 0 Å². The molecule has 0 saturated carbocycles. The summed E-state index contributed by atoms with van der Waals surface area (Å²) in [6.07, 6.45) is 0. The van der Waals surface area contributed by atoms with E-state index in [2.05, 4.69) is 206 Å². The molecule has 3 nitrogen and oxygen atoms in total. The minimum Gasteiger partial charge on any atom is -0.247 e. The Hall–Kier alpha value is -7.70. The second-order valence-corrected chi connectivity index (χ2v) is 19.1. The van der Waals surface area contributed by atoms with Crippen molar-refractivity contribution in [3.8, 4) is 56.3 Å². The number of thiophene rings is 1. The van der Waals surface area contributed by atoms with Gasteiger partial charge >= 0.3 is 0 Å². The number of fused-ring (bicyclic) bond motifs is 16. The van der Waals surface area contributed by atoms with Crippen LogP contribution < -0.4 is 0 Å². The molecule has 1 spiro atoms. The van der Waals surface area contributed by atoms with Gasteiger partial charge in [-0.2, -0.15) is 0 Å². The van der Waals surface area contributed by atoms with Gasteiger partial charge in [-0.25, -0.2) is 15.0 Å². The Bertz CT molecular complexity index is 3900. The molecule has 302 valence electrons. The largest absolute Gasteiger partial charge is 0.247 e. The molecule has 4 heterocycles. The molecular formula is C60H35N3S2. The van der Waals surface area contributed by atoms with E-state index in [4.69, 9.17) is 15.0 Å². The van der Waals surface area contributed by atoms with E-state index in [1.807, 2.05) is 29.2 Å². The van der Waals surface area contributed by atoms with Crippen molar-refractivity contribution in [2.45, 2.75) is 15.2 Å². The van der Waals surface area contributed by atoms with Gasteiger partial charge in [0.15, 0.2) is 5.82 Å². The van der Waals surface area contributed by atoms with Crippen LogP contribution >= 0.6 is 23.1 Å². The van der Waals surface area contributed by atoms with Crippen LogP contribution in [0.3, 0.4) is 0 Å². The number of rotatable bonds is 4. The Kier molecular flexibility index (Phi) is 8.00. The van der Waals surface area contributed by atoms with Gasteiger partial charge in [0, 0.05) is 68.4 Å². The van der Waals surface area contributed by atoms with E-state index in [1.54, 1.807) is 0 Å². The maximum Gasteiger partial charge on any atom is 0.160 e. The Balaban J connectivity index is 1.00. The molecular weight excluding hydrogens is 827 g/mol. The zero-order chi connectivity index (χ0) is 42.6. The number of hydrogen-bond acceptors (Lipinski definition) is 5. The molecule has 0 amide bonds. The van der Waals surface area contributed by atoms with Gasteiger partial charge in [0.2, 0.25) is 0 Å². The highest BCUT2D eigenvalue weighted by Crippen LogP contribution is 2.63. The standard InChI is InChI=1S/C60H35N3S2/c1-2-16-36(17-3-1)59-62-50(35-51(63-59)43-24-15-23-40-39-20-6-11-29-52(39)65-58(40)43)37-18-14-19-38(34-37)57-44-32-33-48-56(55(44)42-22-5-10-28-49(42)61-57)41-21-4-7-25-45(41)60(48)46-26-8-12-30-53(46)64-54-31-13-9-27-47(54)60/h1-35H. The van der Waals surface area contributed by atoms with Gasteiger partial charge < -0.3 is 0 Å². The van der Waals surface area contributed by atoms with Crippen LogP contribution in [-0.4, -0.2) is 15.0 Å². The predicted molar refractivity (Wildman–Crippen MR) is 271 cm³/mol. The van der Waals surface area contributed by atoms with E-state index >= 15 is 0 Å². The minimum atomic E-state index is -0.468. The maximum absolute atomic E-state index is 5.52. The SMILES string of the molecule is c1ccc(-c2nc(-c3cccc(-c4nc5ccccc5c5c6c(ccc45)C4(c5ccccc5Sc5ccccc54)c4ccccc4-6)c3)cc(-c3cccc4c3sc3ccccc34)n2)cc1. The fourth-order valence-electron chi connectivity index (χ4n) is 10.8. The highest BCUT2D eigenvalue weighted by atomic mass is 32.2. The molecule has 2 aliphatic rings.